The molecule has 33 heavy (non-hydrogen) atoms. The van der Waals surface area contributed by atoms with Crippen LogP contribution < -0.4 is 10.1 Å². The molecule has 8 heteroatoms. The van der Waals surface area contributed by atoms with Crippen LogP contribution in [0.25, 0.3) is 0 Å². The summed E-state index contributed by atoms with van der Waals surface area (Å²) >= 11 is 0. The second-order valence-electron chi connectivity index (χ2n) is 8.10. The highest BCUT2D eigenvalue weighted by molar-refractivity contribution is 6.04. The number of hydrogen-bond donors (Lipinski definition) is 1. The summed E-state index contributed by atoms with van der Waals surface area (Å²) in [5.41, 5.74) is 3.68. The Balaban J connectivity index is 1.81. The van der Waals surface area contributed by atoms with Crippen molar-refractivity contribution in [2.75, 3.05) is 14.2 Å². The van der Waals surface area contributed by atoms with Crippen LogP contribution in [0.3, 0.4) is 0 Å². The number of hydrogen-bond acceptors (Lipinski definition) is 7. The fourth-order valence-electron chi connectivity index (χ4n) is 4.76. The molecule has 4 rings (SSSR count). The molecule has 1 N–H and O–H groups in total. The first-order valence-electron chi connectivity index (χ1n) is 10.5. The maximum atomic E-state index is 13.5. The zero-order valence-corrected chi connectivity index (χ0v) is 18.6. The normalized spacial score (nSPS) is 20.2. The molecule has 0 saturated heterocycles. The van der Waals surface area contributed by atoms with Crippen LogP contribution in [0.5, 0.6) is 5.75 Å². The number of dihydropyridines is 1. The molecule has 8 nitrogen and oxygen atoms in total. The summed E-state index contributed by atoms with van der Waals surface area (Å²) in [6, 6.07) is 13.6. The molecule has 2 aromatic carbocycles. The average molecular weight is 448 g/mol. The zero-order valence-electron chi connectivity index (χ0n) is 18.6. The Bertz CT molecular complexity index is 1200. The van der Waals surface area contributed by atoms with Crippen molar-refractivity contribution in [3.05, 3.63) is 92.3 Å². The first kappa shape index (κ1) is 22.3. The predicted octanol–water partition coefficient (Wildman–Crippen LogP) is 4.14. The van der Waals surface area contributed by atoms with E-state index in [0.717, 1.165) is 17.0 Å². The first-order valence-corrected chi connectivity index (χ1v) is 10.5. The smallest absolute Gasteiger partial charge is 0.336 e. The number of benzene rings is 2. The lowest BCUT2D eigenvalue weighted by molar-refractivity contribution is -0.384. The number of nitrogens with zero attached hydrogens (tertiary/aromatic N) is 1. The molecular weight excluding hydrogens is 424 g/mol. The highest BCUT2D eigenvalue weighted by Gasteiger charge is 2.41. The molecule has 0 fully saturated rings. The summed E-state index contributed by atoms with van der Waals surface area (Å²) in [7, 11) is 2.90. The molecule has 0 amide bonds. The van der Waals surface area contributed by atoms with Gasteiger partial charge in [-0.1, -0.05) is 30.3 Å². The highest BCUT2D eigenvalue weighted by Crippen LogP contribution is 2.47. The van der Waals surface area contributed by atoms with Gasteiger partial charge in [-0.3, -0.25) is 14.9 Å². The third-order valence-corrected chi connectivity index (χ3v) is 6.25. The molecule has 1 aliphatic carbocycles. The van der Waals surface area contributed by atoms with Gasteiger partial charge >= 0.3 is 5.97 Å². The molecule has 2 aromatic rings. The number of para-hydroxylation sites is 1. The summed E-state index contributed by atoms with van der Waals surface area (Å²) in [5, 5.41) is 14.4. The Morgan fingerprint density at radius 2 is 1.79 bits per heavy atom. The Morgan fingerprint density at radius 1 is 1.09 bits per heavy atom. The van der Waals surface area contributed by atoms with Gasteiger partial charge in [0, 0.05) is 47.4 Å². The van der Waals surface area contributed by atoms with Gasteiger partial charge in [-0.05, 0) is 30.5 Å². The maximum absolute atomic E-state index is 13.5. The number of ether oxygens (including phenoxy) is 2. The number of carbonyl (C=O) groups excluding carboxylic acids is 2. The number of allylic oxidation sites excluding steroid dienone is 3. The van der Waals surface area contributed by atoms with Crippen LogP contribution in [0.15, 0.2) is 71.1 Å². The summed E-state index contributed by atoms with van der Waals surface area (Å²) in [5.74, 6) is -0.651. The van der Waals surface area contributed by atoms with E-state index in [2.05, 4.69) is 5.32 Å². The van der Waals surface area contributed by atoms with Crippen LogP contribution >= 0.6 is 0 Å². The van der Waals surface area contributed by atoms with Crippen LogP contribution in [0, 0.1) is 10.1 Å². The minimum Gasteiger partial charge on any atom is -0.496 e. The molecule has 2 aliphatic rings. The van der Waals surface area contributed by atoms with Crippen LogP contribution in [0.1, 0.15) is 42.7 Å². The average Bonchev–Trinajstić information content (AvgIpc) is 2.82. The summed E-state index contributed by atoms with van der Waals surface area (Å²) in [4.78, 5) is 36.8. The first-order chi connectivity index (χ1) is 15.8. The topological polar surface area (TPSA) is 108 Å². The molecular formula is C25H24N2O6. The lowest BCUT2D eigenvalue weighted by Crippen LogP contribution is -2.36. The third kappa shape index (κ3) is 4.00. The number of methoxy groups -OCH3 is 2. The molecule has 0 aromatic heterocycles. The van der Waals surface area contributed by atoms with E-state index in [4.69, 9.17) is 9.47 Å². The van der Waals surface area contributed by atoms with Crippen molar-refractivity contribution in [3.8, 4) is 5.75 Å². The fraction of sp³-hybridized carbons (Fsp3) is 0.280. The van der Waals surface area contributed by atoms with E-state index < -0.39 is 16.8 Å². The Kier molecular flexibility index (Phi) is 6.00. The van der Waals surface area contributed by atoms with Gasteiger partial charge in [-0.2, -0.15) is 0 Å². The van der Waals surface area contributed by atoms with Crippen LogP contribution in [0.2, 0.25) is 0 Å². The van der Waals surface area contributed by atoms with Crippen molar-refractivity contribution in [3.63, 3.8) is 0 Å². The van der Waals surface area contributed by atoms with Crippen LogP contribution in [0.4, 0.5) is 5.69 Å². The van der Waals surface area contributed by atoms with Gasteiger partial charge < -0.3 is 14.8 Å². The number of Topliss-reactive ketones (excluding diaryl/α,β-unsaturated/α-hetero) is 1. The number of ketones is 1. The van der Waals surface area contributed by atoms with Crippen LogP contribution in [-0.2, 0) is 14.3 Å². The number of esters is 1. The van der Waals surface area contributed by atoms with Gasteiger partial charge in [0.1, 0.15) is 5.75 Å². The summed E-state index contributed by atoms with van der Waals surface area (Å²) in [6.07, 6.45) is 0.828. The molecule has 0 radical (unpaired) electrons. The molecule has 0 saturated carbocycles. The van der Waals surface area contributed by atoms with Crippen molar-refractivity contribution < 1.29 is 24.0 Å². The number of carbonyl (C=O) groups is 2. The lowest BCUT2D eigenvalue weighted by Gasteiger charge is -2.36. The number of non-ortho nitro benzene ring substituents is 1. The minimum absolute atomic E-state index is 0.0617. The Hall–Kier alpha value is -3.94. The second kappa shape index (κ2) is 8.90. The quantitative estimate of drug-likeness (QED) is 0.416. The van der Waals surface area contributed by atoms with E-state index in [9.17, 15) is 19.7 Å². The van der Waals surface area contributed by atoms with Gasteiger partial charge in [0.05, 0.1) is 24.7 Å². The van der Waals surface area contributed by atoms with Gasteiger partial charge in [0.2, 0.25) is 0 Å². The van der Waals surface area contributed by atoms with E-state index in [-0.39, 0.29) is 23.8 Å². The maximum Gasteiger partial charge on any atom is 0.336 e. The molecule has 0 unspecified atom stereocenters. The molecule has 1 aliphatic heterocycles. The molecule has 0 spiro atoms. The van der Waals surface area contributed by atoms with Crippen molar-refractivity contribution in [2.45, 2.75) is 31.6 Å². The highest BCUT2D eigenvalue weighted by atomic mass is 16.6. The molecule has 0 bridgehead atoms. The third-order valence-electron chi connectivity index (χ3n) is 6.25. The van der Waals surface area contributed by atoms with E-state index in [0.29, 0.717) is 28.8 Å². The molecule has 170 valence electrons. The van der Waals surface area contributed by atoms with E-state index in [1.165, 1.54) is 19.2 Å². The Morgan fingerprint density at radius 3 is 2.42 bits per heavy atom. The number of nitro groups is 1. The second-order valence-corrected chi connectivity index (χ2v) is 8.10. The van der Waals surface area contributed by atoms with Crippen molar-refractivity contribution in [1.82, 2.24) is 5.32 Å². The number of rotatable bonds is 5. The van der Waals surface area contributed by atoms with E-state index >= 15 is 0 Å². The van der Waals surface area contributed by atoms with Crippen molar-refractivity contribution in [1.29, 1.82) is 0 Å². The van der Waals surface area contributed by atoms with Crippen molar-refractivity contribution >= 4 is 17.4 Å². The van der Waals surface area contributed by atoms with Crippen LogP contribution in [-0.4, -0.2) is 30.9 Å². The number of nitrogens with one attached hydrogen (secondary N) is 1. The molecule has 2 atom stereocenters. The Labute approximate surface area is 191 Å². The van der Waals surface area contributed by atoms with Gasteiger partial charge in [0.15, 0.2) is 5.78 Å². The van der Waals surface area contributed by atoms with E-state index in [1.54, 1.807) is 26.2 Å². The molecule has 1 heterocycles. The predicted molar refractivity (Wildman–Crippen MR) is 121 cm³/mol. The van der Waals surface area contributed by atoms with E-state index in [1.807, 2.05) is 24.3 Å². The summed E-state index contributed by atoms with van der Waals surface area (Å²) < 4.78 is 10.5. The summed E-state index contributed by atoms with van der Waals surface area (Å²) in [6.45, 7) is 1.77. The number of nitro benzene ring substituents is 1. The standard InChI is InChI=1S/C25H24N2O6/c1-14-22(25(29)33-3)23(15-8-10-17(11-9-15)27(30)31)24-19(26-14)12-16(13-20(24)28)18-6-4-5-7-21(18)32-2/h4-11,16,23,26H,12-13H2,1-3H3/t16-,23-/m1/s1. The SMILES string of the molecule is COC(=O)C1=C(C)NC2=C(C(=O)C[C@H](c3ccccc3OC)C2)[C@@H]1c1ccc([N+](=O)[O-])cc1. The fourth-order valence-corrected chi connectivity index (χ4v) is 4.76. The lowest BCUT2D eigenvalue weighted by atomic mass is 9.71. The largest absolute Gasteiger partial charge is 0.496 e. The monoisotopic (exact) mass is 448 g/mol. The van der Waals surface area contributed by atoms with Gasteiger partial charge in [-0.15, -0.1) is 0 Å². The van der Waals surface area contributed by atoms with Gasteiger partial charge in [-0.25, -0.2) is 4.79 Å². The van der Waals surface area contributed by atoms with Crippen molar-refractivity contribution in [2.24, 2.45) is 0 Å². The zero-order chi connectivity index (χ0) is 23.7. The van der Waals surface area contributed by atoms with Gasteiger partial charge in [0.25, 0.3) is 5.69 Å². The minimum atomic E-state index is -0.666.